The quantitative estimate of drug-likeness (QED) is 0.689. The van der Waals surface area contributed by atoms with E-state index < -0.39 is 0 Å². The van der Waals surface area contributed by atoms with Crippen LogP contribution in [0.1, 0.15) is 44.2 Å². The van der Waals surface area contributed by atoms with Crippen molar-refractivity contribution in [2.45, 2.75) is 39.8 Å². The monoisotopic (exact) mass is 368 g/mol. The van der Waals surface area contributed by atoms with Crippen LogP contribution in [0.3, 0.4) is 0 Å². The molecule has 3 rings (SSSR count). The first kappa shape index (κ1) is 18.6. The SMILES string of the molecule is CCc1nnc(CN(CC)C(=O)Nc2ccnn2C(C)c2ccccc2)o1. The van der Waals surface area contributed by atoms with Crippen molar-refractivity contribution >= 4 is 11.8 Å². The zero-order valence-corrected chi connectivity index (χ0v) is 15.8. The number of nitrogens with zero attached hydrogens (tertiary/aromatic N) is 5. The molecule has 0 radical (unpaired) electrons. The molecule has 1 N–H and O–H groups in total. The Bertz CT molecular complexity index is 873. The minimum absolute atomic E-state index is 0.00497. The summed E-state index contributed by atoms with van der Waals surface area (Å²) in [5.41, 5.74) is 1.11. The van der Waals surface area contributed by atoms with Gasteiger partial charge >= 0.3 is 6.03 Å². The van der Waals surface area contributed by atoms with Crippen LogP contribution in [-0.4, -0.2) is 37.5 Å². The van der Waals surface area contributed by atoms with Gasteiger partial charge in [-0.2, -0.15) is 5.10 Å². The molecule has 8 nitrogen and oxygen atoms in total. The molecule has 2 amide bonds. The molecule has 27 heavy (non-hydrogen) atoms. The predicted octanol–water partition coefficient (Wildman–Crippen LogP) is 3.49. The number of urea groups is 1. The molecule has 1 aromatic carbocycles. The molecule has 2 aromatic heterocycles. The van der Waals surface area contributed by atoms with E-state index in [2.05, 4.69) is 20.6 Å². The minimum Gasteiger partial charge on any atom is -0.423 e. The summed E-state index contributed by atoms with van der Waals surface area (Å²) in [5.74, 6) is 1.63. The van der Waals surface area contributed by atoms with Crippen molar-refractivity contribution in [1.82, 2.24) is 24.9 Å². The zero-order valence-electron chi connectivity index (χ0n) is 15.8. The number of anilines is 1. The van der Waals surface area contributed by atoms with Crippen molar-refractivity contribution in [3.63, 3.8) is 0 Å². The van der Waals surface area contributed by atoms with E-state index in [-0.39, 0.29) is 18.6 Å². The van der Waals surface area contributed by atoms with Crippen LogP contribution in [0, 0.1) is 0 Å². The van der Waals surface area contributed by atoms with Gasteiger partial charge in [-0.05, 0) is 19.4 Å². The molecule has 0 bridgehead atoms. The third-order valence-corrected chi connectivity index (χ3v) is 4.36. The van der Waals surface area contributed by atoms with Crippen molar-refractivity contribution in [1.29, 1.82) is 0 Å². The van der Waals surface area contributed by atoms with Crippen LogP contribution in [0.4, 0.5) is 10.6 Å². The first-order chi connectivity index (χ1) is 13.1. The molecule has 0 fully saturated rings. The molecule has 2 heterocycles. The van der Waals surface area contributed by atoms with E-state index in [0.29, 0.717) is 30.6 Å². The predicted molar refractivity (Wildman–Crippen MR) is 101 cm³/mol. The molecule has 0 spiro atoms. The van der Waals surface area contributed by atoms with E-state index >= 15 is 0 Å². The number of carbonyl (C=O) groups is 1. The fraction of sp³-hybridized carbons (Fsp3) is 0.368. The number of rotatable bonds is 7. The van der Waals surface area contributed by atoms with Crippen molar-refractivity contribution in [2.75, 3.05) is 11.9 Å². The highest BCUT2D eigenvalue weighted by Gasteiger charge is 2.19. The summed E-state index contributed by atoms with van der Waals surface area (Å²) in [4.78, 5) is 14.3. The summed E-state index contributed by atoms with van der Waals surface area (Å²) in [7, 11) is 0. The number of benzene rings is 1. The molecule has 0 aliphatic heterocycles. The van der Waals surface area contributed by atoms with E-state index in [9.17, 15) is 4.79 Å². The summed E-state index contributed by atoms with van der Waals surface area (Å²) >= 11 is 0. The van der Waals surface area contributed by atoms with Crippen LogP contribution in [-0.2, 0) is 13.0 Å². The first-order valence-electron chi connectivity index (χ1n) is 9.08. The lowest BCUT2D eigenvalue weighted by Crippen LogP contribution is -2.35. The molecule has 8 heteroatoms. The van der Waals surface area contributed by atoms with Crippen LogP contribution < -0.4 is 5.32 Å². The average molecular weight is 368 g/mol. The maximum absolute atomic E-state index is 12.7. The van der Waals surface area contributed by atoms with Crippen molar-refractivity contribution in [3.8, 4) is 0 Å². The molecule has 0 saturated heterocycles. The Balaban J connectivity index is 1.71. The van der Waals surface area contributed by atoms with E-state index in [1.54, 1.807) is 21.8 Å². The molecule has 1 unspecified atom stereocenters. The Labute approximate surface area is 158 Å². The fourth-order valence-corrected chi connectivity index (χ4v) is 2.77. The van der Waals surface area contributed by atoms with Crippen LogP contribution in [0.25, 0.3) is 0 Å². The van der Waals surface area contributed by atoms with Crippen molar-refractivity contribution < 1.29 is 9.21 Å². The van der Waals surface area contributed by atoms with E-state index in [1.807, 2.05) is 51.1 Å². The van der Waals surface area contributed by atoms with Gasteiger partial charge in [-0.15, -0.1) is 10.2 Å². The fourth-order valence-electron chi connectivity index (χ4n) is 2.77. The number of hydrogen-bond donors (Lipinski definition) is 1. The first-order valence-corrected chi connectivity index (χ1v) is 9.08. The maximum Gasteiger partial charge on any atom is 0.323 e. The summed E-state index contributed by atoms with van der Waals surface area (Å²) < 4.78 is 7.30. The number of aryl methyl sites for hydroxylation is 1. The van der Waals surface area contributed by atoms with E-state index in [0.717, 1.165) is 5.56 Å². The average Bonchev–Trinajstić information content (AvgIpc) is 3.35. The van der Waals surface area contributed by atoms with Gasteiger partial charge in [-0.25, -0.2) is 9.48 Å². The molecular weight excluding hydrogens is 344 g/mol. The van der Waals surface area contributed by atoms with Gasteiger partial charge in [-0.3, -0.25) is 5.32 Å². The van der Waals surface area contributed by atoms with Crippen LogP contribution in [0.5, 0.6) is 0 Å². The second-order valence-corrected chi connectivity index (χ2v) is 6.14. The molecular formula is C19H24N6O2. The number of nitrogens with one attached hydrogen (secondary N) is 1. The number of amides is 2. The van der Waals surface area contributed by atoms with Crippen LogP contribution in [0.15, 0.2) is 47.0 Å². The second-order valence-electron chi connectivity index (χ2n) is 6.14. The topological polar surface area (TPSA) is 89.1 Å². The van der Waals surface area contributed by atoms with Gasteiger partial charge in [0.25, 0.3) is 0 Å². The van der Waals surface area contributed by atoms with Gasteiger partial charge in [0, 0.05) is 19.0 Å². The minimum atomic E-state index is -0.240. The maximum atomic E-state index is 12.7. The number of hydrogen-bond acceptors (Lipinski definition) is 5. The second kappa shape index (κ2) is 8.48. The van der Waals surface area contributed by atoms with Crippen molar-refractivity contribution in [2.24, 2.45) is 0 Å². The Morgan fingerprint density at radius 3 is 2.59 bits per heavy atom. The van der Waals surface area contributed by atoms with Gasteiger partial charge < -0.3 is 9.32 Å². The molecule has 0 aliphatic carbocycles. The Hall–Kier alpha value is -3.16. The van der Waals surface area contributed by atoms with Gasteiger partial charge in [0.2, 0.25) is 11.8 Å². The third kappa shape index (κ3) is 4.33. The molecule has 3 aromatic rings. The van der Waals surface area contributed by atoms with E-state index in [4.69, 9.17) is 4.42 Å². The Morgan fingerprint density at radius 1 is 1.19 bits per heavy atom. The standard InChI is InChI=1S/C19H24N6O2/c1-4-17-22-23-18(27-17)13-24(5-2)19(26)21-16-11-12-20-25(16)14(3)15-9-7-6-8-10-15/h6-12,14H,4-5,13H2,1-3H3,(H,21,26). The lowest BCUT2D eigenvalue weighted by molar-refractivity contribution is 0.205. The van der Waals surface area contributed by atoms with Crippen LogP contribution in [0.2, 0.25) is 0 Å². The highest BCUT2D eigenvalue weighted by molar-refractivity contribution is 5.88. The van der Waals surface area contributed by atoms with Gasteiger partial charge in [-0.1, -0.05) is 37.3 Å². The van der Waals surface area contributed by atoms with Crippen LogP contribution >= 0.6 is 0 Å². The van der Waals surface area contributed by atoms with Crippen molar-refractivity contribution in [3.05, 3.63) is 59.9 Å². The normalized spacial score (nSPS) is 12.0. The number of carbonyl (C=O) groups excluding carboxylic acids is 1. The highest BCUT2D eigenvalue weighted by atomic mass is 16.4. The smallest absolute Gasteiger partial charge is 0.323 e. The Kier molecular flexibility index (Phi) is 5.85. The lowest BCUT2D eigenvalue weighted by atomic mass is 10.1. The summed E-state index contributed by atoms with van der Waals surface area (Å²) in [6, 6.07) is 11.6. The number of aromatic nitrogens is 4. The zero-order chi connectivity index (χ0) is 19.2. The van der Waals surface area contributed by atoms with Gasteiger partial charge in [0.15, 0.2) is 0 Å². The largest absolute Gasteiger partial charge is 0.423 e. The van der Waals surface area contributed by atoms with E-state index in [1.165, 1.54) is 0 Å². The lowest BCUT2D eigenvalue weighted by Gasteiger charge is -2.21. The van der Waals surface area contributed by atoms with Gasteiger partial charge in [0.1, 0.15) is 12.4 Å². The molecule has 0 saturated carbocycles. The highest BCUT2D eigenvalue weighted by Crippen LogP contribution is 2.21. The molecule has 142 valence electrons. The third-order valence-electron chi connectivity index (χ3n) is 4.36. The summed E-state index contributed by atoms with van der Waals surface area (Å²) in [6.07, 6.45) is 2.35. The summed E-state index contributed by atoms with van der Waals surface area (Å²) in [6.45, 7) is 6.66. The summed E-state index contributed by atoms with van der Waals surface area (Å²) in [5, 5.41) is 15.2. The van der Waals surface area contributed by atoms with Gasteiger partial charge in [0.05, 0.1) is 12.2 Å². The Morgan fingerprint density at radius 2 is 1.93 bits per heavy atom. The molecule has 1 atom stereocenters. The molecule has 0 aliphatic rings.